The molecule has 1 aliphatic carbocycles. The molecule has 4 rings (SSSR count). The van der Waals surface area contributed by atoms with E-state index >= 15 is 0 Å². The Morgan fingerprint density at radius 1 is 1.19 bits per heavy atom. The van der Waals surface area contributed by atoms with Crippen molar-refractivity contribution in [1.82, 2.24) is 19.6 Å². The van der Waals surface area contributed by atoms with Gasteiger partial charge in [-0.25, -0.2) is 0 Å². The molecular formula is C21H21BrF3N5O. The molecule has 1 N–H and O–H groups in total. The number of amides is 1. The lowest BCUT2D eigenvalue weighted by Crippen LogP contribution is -2.21. The minimum absolute atomic E-state index is 0.00475. The number of anilines is 1. The predicted molar refractivity (Wildman–Crippen MR) is 113 cm³/mol. The van der Waals surface area contributed by atoms with Gasteiger partial charge < -0.3 is 5.32 Å². The van der Waals surface area contributed by atoms with Crippen LogP contribution >= 0.6 is 15.9 Å². The normalized spacial score (nSPS) is 14.1. The fourth-order valence-electron chi connectivity index (χ4n) is 3.59. The third-order valence-electron chi connectivity index (χ3n) is 5.10. The Bertz CT molecular complexity index is 1130. The van der Waals surface area contributed by atoms with E-state index in [1.54, 1.807) is 6.07 Å². The van der Waals surface area contributed by atoms with Gasteiger partial charge in [0.05, 0.1) is 22.4 Å². The second-order valence-corrected chi connectivity index (χ2v) is 8.60. The average molecular weight is 496 g/mol. The lowest BCUT2D eigenvalue weighted by Gasteiger charge is -2.10. The summed E-state index contributed by atoms with van der Waals surface area (Å²) in [5.74, 6) is -0.441. The Morgan fingerprint density at radius 3 is 2.55 bits per heavy atom. The number of nitrogens with zero attached hydrogens (tertiary/aromatic N) is 4. The molecule has 2 aromatic heterocycles. The molecule has 0 atom stereocenters. The van der Waals surface area contributed by atoms with E-state index in [1.807, 2.05) is 42.8 Å². The van der Waals surface area contributed by atoms with Gasteiger partial charge in [-0.05, 0) is 66.4 Å². The summed E-state index contributed by atoms with van der Waals surface area (Å²) in [5, 5.41) is 10.9. The molecule has 1 saturated carbocycles. The fourth-order valence-corrected chi connectivity index (χ4v) is 4.43. The first-order chi connectivity index (χ1) is 14.6. The van der Waals surface area contributed by atoms with E-state index in [0.29, 0.717) is 17.9 Å². The number of nitrogens with one attached hydrogen (secondary N) is 1. The molecule has 1 fully saturated rings. The molecule has 0 saturated heterocycles. The van der Waals surface area contributed by atoms with Gasteiger partial charge in [0.2, 0.25) is 5.91 Å². The summed E-state index contributed by atoms with van der Waals surface area (Å²) in [6.45, 7) is 4.16. The molecule has 164 valence electrons. The maximum absolute atomic E-state index is 13.2. The summed E-state index contributed by atoms with van der Waals surface area (Å²) < 4.78 is 42.7. The van der Waals surface area contributed by atoms with Gasteiger partial charge in [0.1, 0.15) is 6.54 Å². The number of carbonyl (C=O) groups excluding carboxylic acids is 1. The van der Waals surface area contributed by atoms with Crippen LogP contribution in [0.15, 0.2) is 34.8 Å². The van der Waals surface area contributed by atoms with Crippen LogP contribution in [-0.2, 0) is 24.1 Å². The molecule has 0 radical (unpaired) electrons. The molecule has 6 nitrogen and oxygen atoms in total. The molecule has 31 heavy (non-hydrogen) atoms. The van der Waals surface area contributed by atoms with Crippen molar-refractivity contribution in [2.45, 2.75) is 51.9 Å². The zero-order chi connectivity index (χ0) is 22.3. The highest BCUT2D eigenvalue weighted by Crippen LogP contribution is 2.46. The molecule has 10 heteroatoms. The Kier molecular flexibility index (Phi) is 5.67. The number of carbonyl (C=O) groups is 1. The van der Waals surface area contributed by atoms with Crippen LogP contribution in [0.25, 0.3) is 0 Å². The van der Waals surface area contributed by atoms with Gasteiger partial charge in [-0.3, -0.25) is 14.2 Å². The third-order valence-corrected chi connectivity index (χ3v) is 5.89. The topological polar surface area (TPSA) is 64.7 Å². The number of hydrogen-bond donors (Lipinski definition) is 1. The maximum Gasteiger partial charge on any atom is 0.436 e. The molecule has 1 aromatic carbocycles. The van der Waals surface area contributed by atoms with Crippen molar-refractivity contribution in [3.05, 3.63) is 63.1 Å². The first-order valence-electron chi connectivity index (χ1n) is 9.85. The van der Waals surface area contributed by atoms with E-state index in [1.165, 1.54) is 4.68 Å². The van der Waals surface area contributed by atoms with Crippen molar-refractivity contribution in [2.75, 3.05) is 5.32 Å². The Morgan fingerprint density at radius 2 is 1.94 bits per heavy atom. The van der Waals surface area contributed by atoms with Crippen molar-refractivity contribution in [2.24, 2.45) is 0 Å². The average Bonchev–Trinajstić information content (AvgIpc) is 3.37. The maximum atomic E-state index is 13.2. The molecule has 3 aromatic rings. The van der Waals surface area contributed by atoms with Crippen molar-refractivity contribution >= 4 is 27.5 Å². The number of hydrogen-bond acceptors (Lipinski definition) is 3. The van der Waals surface area contributed by atoms with Gasteiger partial charge >= 0.3 is 6.18 Å². The highest BCUT2D eigenvalue weighted by Gasteiger charge is 2.41. The summed E-state index contributed by atoms with van der Waals surface area (Å²) in [4.78, 5) is 12.6. The van der Waals surface area contributed by atoms with E-state index in [0.717, 1.165) is 29.8 Å². The van der Waals surface area contributed by atoms with E-state index in [9.17, 15) is 18.0 Å². The third kappa shape index (κ3) is 4.84. The molecule has 0 aliphatic heterocycles. The summed E-state index contributed by atoms with van der Waals surface area (Å²) >= 11 is 3.04. The van der Waals surface area contributed by atoms with Crippen LogP contribution in [0.1, 0.15) is 47.1 Å². The van der Waals surface area contributed by atoms with Crippen LogP contribution in [0.2, 0.25) is 0 Å². The van der Waals surface area contributed by atoms with Crippen LogP contribution in [-0.4, -0.2) is 25.5 Å². The zero-order valence-corrected chi connectivity index (χ0v) is 18.6. The first-order valence-corrected chi connectivity index (χ1v) is 10.6. The molecular weight excluding hydrogens is 475 g/mol. The van der Waals surface area contributed by atoms with E-state index < -0.39 is 17.8 Å². The van der Waals surface area contributed by atoms with Crippen LogP contribution in [0.3, 0.4) is 0 Å². The van der Waals surface area contributed by atoms with Gasteiger partial charge in [0.25, 0.3) is 0 Å². The summed E-state index contributed by atoms with van der Waals surface area (Å²) in [7, 11) is 0. The first kappa shape index (κ1) is 21.6. The molecule has 1 amide bonds. The summed E-state index contributed by atoms with van der Waals surface area (Å²) in [5.41, 5.74) is 2.92. The second-order valence-electron chi connectivity index (χ2n) is 7.81. The number of rotatable bonds is 6. The Hall–Kier alpha value is -2.62. The standard InChI is InChI=1S/C21H21BrF3N5O/c1-12-8-13(2)29(27-12)10-14-4-3-5-16(9-14)26-17(31)11-30-19(15-6-7-15)18(22)20(28-30)21(23,24)25/h3-5,8-9,15H,6-7,10-11H2,1-2H3,(H,26,31). The van der Waals surface area contributed by atoms with Crippen LogP contribution in [0, 0.1) is 13.8 Å². The SMILES string of the molecule is Cc1cc(C)n(Cc2cccc(NC(=O)Cn3nc(C(F)(F)F)c(Br)c3C3CC3)c2)n1. The van der Waals surface area contributed by atoms with E-state index in [4.69, 9.17) is 0 Å². The molecule has 2 heterocycles. The lowest BCUT2D eigenvalue weighted by atomic mass is 10.2. The van der Waals surface area contributed by atoms with Crippen molar-refractivity contribution in [3.63, 3.8) is 0 Å². The second kappa shape index (κ2) is 8.14. The van der Waals surface area contributed by atoms with Gasteiger partial charge in [-0.15, -0.1) is 0 Å². The summed E-state index contributed by atoms with van der Waals surface area (Å²) in [6.07, 6.45) is -3.00. The molecule has 0 unspecified atom stereocenters. The van der Waals surface area contributed by atoms with Gasteiger partial charge in [-0.2, -0.15) is 23.4 Å². The van der Waals surface area contributed by atoms with Crippen LogP contribution < -0.4 is 5.32 Å². The largest absolute Gasteiger partial charge is 0.436 e. The van der Waals surface area contributed by atoms with E-state index in [-0.39, 0.29) is 16.9 Å². The highest BCUT2D eigenvalue weighted by atomic mass is 79.9. The summed E-state index contributed by atoms with van der Waals surface area (Å²) in [6, 6.07) is 9.30. The minimum Gasteiger partial charge on any atom is -0.324 e. The number of alkyl halides is 3. The lowest BCUT2D eigenvalue weighted by molar-refractivity contribution is -0.142. The Balaban J connectivity index is 1.49. The molecule has 1 aliphatic rings. The van der Waals surface area contributed by atoms with Gasteiger partial charge in [-0.1, -0.05) is 12.1 Å². The number of benzene rings is 1. The van der Waals surface area contributed by atoms with Crippen molar-refractivity contribution in [3.8, 4) is 0 Å². The van der Waals surface area contributed by atoms with Crippen LogP contribution in [0.4, 0.5) is 18.9 Å². The zero-order valence-electron chi connectivity index (χ0n) is 17.0. The highest BCUT2D eigenvalue weighted by molar-refractivity contribution is 9.10. The fraction of sp³-hybridized carbons (Fsp3) is 0.381. The molecule has 0 bridgehead atoms. The number of aromatic nitrogens is 4. The monoisotopic (exact) mass is 495 g/mol. The van der Waals surface area contributed by atoms with Crippen molar-refractivity contribution < 1.29 is 18.0 Å². The predicted octanol–water partition coefficient (Wildman–Crippen LogP) is 5.04. The van der Waals surface area contributed by atoms with Crippen molar-refractivity contribution in [1.29, 1.82) is 0 Å². The number of halogens is 4. The quantitative estimate of drug-likeness (QED) is 0.520. The number of aryl methyl sites for hydroxylation is 2. The molecule has 0 spiro atoms. The van der Waals surface area contributed by atoms with Gasteiger partial charge in [0, 0.05) is 17.3 Å². The smallest absolute Gasteiger partial charge is 0.324 e. The minimum atomic E-state index is -4.58. The Labute approximate surface area is 185 Å². The van der Waals surface area contributed by atoms with Crippen LogP contribution in [0.5, 0.6) is 0 Å². The van der Waals surface area contributed by atoms with Gasteiger partial charge in [0.15, 0.2) is 5.69 Å². The van der Waals surface area contributed by atoms with E-state index in [2.05, 4.69) is 31.4 Å².